The molecule has 0 N–H and O–H groups in total. The van der Waals surface area contributed by atoms with Gasteiger partial charge in [0.15, 0.2) is 0 Å². The number of carbonyl (C=O) groups excluding carboxylic acids is 1. The van der Waals surface area contributed by atoms with E-state index in [0.29, 0.717) is 11.5 Å². The summed E-state index contributed by atoms with van der Waals surface area (Å²) in [6.07, 6.45) is 3.36. The molecule has 0 radical (unpaired) electrons. The Labute approximate surface area is 172 Å². The van der Waals surface area contributed by atoms with Crippen LogP contribution in [0.1, 0.15) is 35.6 Å². The van der Waals surface area contributed by atoms with Crippen LogP contribution < -0.4 is 14.5 Å². The summed E-state index contributed by atoms with van der Waals surface area (Å²) in [4.78, 5) is 28.4. The molecule has 2 saturated heterocycles. The van der Waals surface area contributed by atoms with Gasteiger partial charge in [0.25, 0.3) is 5.91 Å². The Morgan fingerprint density at radius 3 is 2.34 bits per heavy atom. The lowest BCUT2D eigenvalue weighted by atomic mass is 10.1. The Kier molecular flexibility index (Phi) is 5.83. The van der Waals surface area contributed by atoms with Crippen molar-refractivity contribution in [1.29, 1.82) is 0 Å². The first-order chi connectivity index (χ1) is 14.2. The Morgan fingerprint density at radius 1 is 0.931 bits per heavy atom. The number of benzene rings is 1. The minimum absolute atomic E-state index is 0.0316. The van der Waals surface area contributed by atoms with Gasteiger partial charge in [-0.3, -0.25) is 4.79 Å². The average molecular weight is 396 g/mol. The van der Waals surface area contributed by atoms with Crippen LogP contribution in [0, 0.1) is 6.92 Å². The van der Waals surface area contributed by atoms with Gasteiger partial charge in [-0.1, -0.05) is 12.1 Å². The molecule has 1 amide bonds. The Hall–Kier alpha value is -2.83. The number of rotatable bonds is 4. The molecular weight excluding hydrogens is 366 g/mol. The first-order valence-corrected chi connectivity index (χ1v) is 10.4. The summed E-state index contributed by atoms with van der Waals surface area (Å²) in [6.45, 7) is 6.94. The molecule has 0 unspecified atom stereocenters. The number of piperidine rings is 1. The lowest BCUT2D eigenvalue weighted by Gasteiger charge is -2.37. The first kappa shape index (κ1) is 19.5. The van der Waals surface area contributed by atoms with Crippen LogP contribution in [0.5, 0.6) is 5.75 Å². The Bertz CT molecular complexity index is 858. The third-order valence-electron chi connectivity index (χ3n) is 5.72. The van der Waals surface area contributed by atoms with E-state index >= 15 is 0 Å². The molecule has 2 aromatic rings. The number of carbonyl (C=O) groups is 1. The third-order valence-corrected chi connectivity index (χ3v) is 5.72. The molecule has 0 bridgehead atoms. The SMILES string of the molecule is COc1ccccc1N1CCN(c2cc(C(=O)N3CCCCC3)nc(C)n2)CC1. The van der Waals surface area contributed by atoms with Crippen LogP contribution in [0.3, 0.4) is 0 Å². The summed E-state index contributed by atoms with van der Waals surface area (Å²) < 4.78 is 5.51. The van der Waals surface area contributed by atoms with Crippen molar-refractivity contribution >= 4 is 17.4 Å². The van der Waals surface area contributed by atoms with Gasteiger partial charge >= 0.3 is 0 Å². The van der Waals surface area contributed by atoms with Crippen molar-refractivity contribution in [3.05, 3.63) is 41.9 Å². The van der Waals surface area contributed by atoms with Crippen LogP contribution in [0.4, 0.5) is 11.5 Å². The standard InChI is InChI=1S/C22H29N5O2/c1-17-23-18(22(28)27-10-6-3-7-11-27)16-21(24-17)26-14-12-25(13-15-26)19-8-4-5-9-20(19)29-2/h4-5,8-9,16H,3,6-7,10-15H2,1-2H3. The van der Waals surface area contributed by atoms with E-state index in [1.165, 1.54) is 6.42 Å². The van der Waals surface area contributed by atoms with Crippen LogP contribution in [0.2, 0.25) is 0 Å². The molecule has 0 spiro atoms. The summed E-state index contributed by atoms with van der Waals surface area (Å²) in [5, 5.41) is 0. The molecule has 0 aliphatic carbocycles. The summed E-state index contributed by atoms with van der Waals surface area (Å²) in [5.74, 6) is 2.42. The maximum atomic E-state index is 12.9. The second-order valence-corrected chi connectivity index (χ2v) is 7.66. The maximum Gasteiger partial charge on any atom is 0.272 e. The molecule has 3 heterocycles. The number of para-hydroxylation sites is 2. The summed E-state index contributed by atoms with van der Waals surface area (Å²) in [7, 11) is 1.71. The number of likely N-dealkylation sites (tertiary alicyclic amines) is 1. The number of hydrogen-bond acceptors (Lipinski definition) is 6. The van der Waals surface area contributed by atoms with Crippen LogP contribution >= 0.6 is 0 Å². The summed E-state index contributed by atoms with van der Waals surface area (Å²) >= 11 is 0. The van der Waals surface area contributed by atoms with Crippen LogP contribution in [-0.2, 0) is 0 Å². The molecule has 7 heteroatoms. The fraction of sp³-hybridized carbons (Fsp3) is 0.500. The Balaban J connectivity index is 1.47. The number of amides is 1. The monoisotopic (exact) mass is 395 g/mol. The van der Waals surface area contributed by atoms with Gasteiger partial charge < -0.3 is 19.4 Å². The van der Waals surface area contributed by atoms with E-state index in [0.717, 1.165) is 69.4 Å². The number of piperazine rings is 1. The van der Waals surface area contributed by atoms with Gasteiger partial charge in [-0.05, 0) is 38.3 Å². The molecule has 2 fully saturated rings. The van der Waals surface area contributed by atoms with E-state index in [2.05, 4.69) is 25.8 Å². The first-order valence-electron chi connectivity index (χ1n) is 10.4. The van der Waals surface area contributed by atoms with Crippen LogP contribution in [-0.4, -0.2) is 67.2 Å². The maximum absolute atomic E-state index is 12.9. The summed E-state index contributed by atoms with van der Waals surface area (Å²) in [5.41, 5.74) is 1.64. The van der Waals surface area contributed by atoms with Gasteiger partial charge in [0.05, 0.1) is 12.8 Å². The zero-order chi connectivity index (χ0) is 20.2. The number of nitrogens with zero attached hydrogens (tertiary/aromatic N) is 5. The van der Waals surface area contributed by atoms with E-state index in [1.807, 2.05) is 36.1 Å². The van der Waals surface area contributed by atoms with Crippen molar-refractivity contribution in [2.45, 2.75) is 26.2 Å². The fourth-order valence-electron chi connectivity index (χ4n) is 4.15. The molecule has 0 saturated carbocycles. The number of hydrogen-bond donors (Lipinski definition) is 0. The van der Waals surface area contributed by atoms with Crippen molar-refractivity contribution in [3.8, 4) is 5.75 Å². The molecule has 2 aliphatic rings. The molecule has 1 aromatic heterocycles. The highest BCUT2D eigenvalue weighted by Crippen LogP contribution is 2.29. The zero-order valence-corrected chi connectivity index (χ0v) is 17.3. The predicted molar refractivity (Wildman–Crippen MR) is 114 cm³/mol. The van der Waals surface area contributed by atoms with Gasteiger partial charge in [-0.25, -0.2) is 9.97 Å². The lowest BCUT2D eigenvalue weighted by Crippen LogP contribution is -2.47. The molecule has 4 rings (SSSR count). The minimum atomic E-state index is 0.0316. The number of aryl methyl sites for hydroxylation is 1. The van der Waals surface area contributed by atoms with Gasteiger partial charge in [-0.15, -0.1) is 0 Å². The van der Waals surface area contributed by atoms with Crippen molar-refractivity contribution < 1.29 is 9.53 Å². The molecule has 154 valence electrons. The van der Waals surface area contributed by atoms with Gasteiger partial charge in [0.2, 0.25) is 0 Å². The quantitative estimate of drug-likeness (QED) is 0.793. The highest BCUT2D eigenvalue weighted by atomic mass is 16.5. The molecule has 29 heavy (non-hydrogen) atoms. The predicted octanol–water partition coefficient (Wildman–Crippen LogP) is 2.75. The van der Waals surface area contributed by atoms with Crippen molar-refractivity contribution in [2.24, 2.45) is 0 Å². The fourth-order valence-corrected chi connectivity index (χ4v) is 4.15. The Morgan fingerprint density at radius 2 is 1.62 bits per heavy atom. The van der Waals surface area contributed by atoms with Gasteiger partial charge in [0.1, 0.15) is 23.1 Å². The van der Waals surface area contributed by atoms with E-state index in [9.17, 15) is 4.79 Å². The zero-order valence-electron chi connectivity index (χ0n) is 17.3. The second kappa shape index (κ2) is 8.68. The number of aromatic nitrogens is 2. The van der Waals surface area contributed by atoms with E-state index in [1.54, 1.807) is 7.11 Å². The number of anilines is 2. The van der Waals surface area contributed by atoms with Crippen molar-refractivity contribution in [3.63, 3.8) is 0 Å². The van der Waals surface area contributed by atoms with Gasteiger partial charge in [0, 0.05) is 45.3 Å². The topological polar surface area (TPSA) is 61.8 Å². The summed E-state index contributed by atoms with van der Waals surface area (Å²) in [6, 6.07) is 9.98. The normalized spacial score (nSPS) is 17.4. The highest BCUT2D eigenvalue weighted by molar-refractivity contribution is 5.93. The van der Waals surface area contributed by atoms with Crippen LogP contribution in [0.15, 0.2) is 30.3 Å². The van der Waals surface area contributed by atoms with Gasteiger partial charge in [-0.2, -0.15) is 0 Å². The molecule has 2 aliphatic heterocycles. The van der Waals surface area contributed by atoms with E-state index in [4.69, 9.17) is 4.74 Å². The highest BCUT2D eigenvalue weighted by Gasteiger charge is 2.24. The van der Waals surface area contributed by atoms with E-state index in [-0.39, 0.29) is 5.91 Å². The molecular formula is C22H29N5O2. The molecule has 7 nitrogen and oxygen atoms in total. The third kappa shape index (κ3) is 4.28. The molecule has 1 aromatic carbocycles. The van der Waals surface area contributed by atoms with Crippen molar-refractivity contribution in [1.82, 2.24) is 14.9 Å². The number of methoxy groups -OCH3 is 1. The molecule has 0 atom stereocenters. The largest absolute Gasteiger partial charge is 0.495 e. The lowest BCUT2D eigenvalue weighted by molar-refractivity contribution is 0.0718. The average Bonchev–Trinajstić information content (AvgIpc) is 2.79. The minimum Gasteiger partial charge on any atom is -0.495 e. The van der Waals surface area contributed by atoms with E-state index < -0.39 is 0 Å². The second-order valence-electron chi connectivity index (χ2n) is 7.66. The van der Waals surface area contributed by atoms with Crippen molar-refractivity contribution in [2.75, 3.05) is 56.2 Å². The smallest absolute Gasteiger partial charge is 0.272 e. The number of ether oxygens (including phenoxy) is 1. The van der Waals surface area contributed by atoms with Crippen LogP contribution in [0.25, 0.3) is 0 Å².